The fourth-order valence-corrected chi connectivity index (χ4v) is 2.67. The molecule has 0 unspecified atom stereocenters. The monoisotopic (exact) mass is 388 g/mol. The maximum Gasteiger partial charge on any atom is 0.238 e. The van der Waals surface area contributed by atoms with Crippen molar-refractivity contribution in [1.82, 2.24) is 5.32 Å². The van der Waals surface area contributed by atoms with Crippen LogP contribution in [0.15, 0.2) is 53.0 Å². The number of ketones is 1. The van der Waals surface area contributed by atoms with E-state index >= 15 is 0 Å². The quantitative estimate of drug-likeness (QED) is 0.693. The molecule has 1 amide bonds. The Hall–Kier alpha value is -1.98. The Kier molecular flexibility index (Phi) is 6.70. The molecule has 2 aromatic carbocycles. The summed E-state index contributed by atoms with van der Waals surface area (Å²) in [5.41, 5.74) is 2.47. The van der Waals surface area contributed by atoms with E-state index in [0.29, 0.717) is 11.3 Å². The fourth-order valence-electron chi connectivity index (χ4n) is 2.40. The molecule has 2 rings (SSSR count). The summed E-state index contributed by atoms with van der Waals surface area (Å²) in [5.74, 6) is -0.101. The van der Waals surface area contributed by atoms with Gasteiger partial charge in [0.25, 0.3) is 0 Å². The Balaban J connectivity index is 1.89. The van der Waals surface area contributed by atoms with E-state index in [1.807, 2.05) is 24.3 Å². The Bertz CT molecular complexity index is 696. The largest absolute Gasteiger partial charge is 0.325 e. The van der Waals surface area contributed by atoms with Gasteiger partial charge < -0.3 is 10.6 Å². The molecular formula is C19H21BrN2O2. The highest BCUT2D eigenvalue weighted by molar-refractivity contribution is 9.10. The summed E-state index contributed by atoms with van der Waals surface area (Å²) < 4.78 is 1.04. The van der Waals surface area contributed by atoms with Crippen molar-refractivity contribution in [3.05, 3.63) is 64.1 Å². The first-order chi connectivity index (χ1) is 11.5. The highest BCUT2D eigenvalue weighted by Crippen LogP contribution is 2.19. The number of hydrogen-bond acceptors (Lipinski definition) is 3. The number of carbonyl (C=O) groups excluding carboxylic acids is 2. The van der Waals surface area contributed by atoms with Gasteiger partial charge in [0.15, 0.2) is 5.78 Å². The van der Waals surface area contributed by atoms with Gasteiger partial charge in [-0.3, -0.25) is 9.59 Å². The van der Waals surface area contributed by atoms with Crippen LogP contribution in [-0.2, 0) is 4.79 Å². The van der Waals surface area contributed by atoms with E-state index in [1.54, 1.807) is 24.3 Å². The topological polar surface area (TPSA) is 58.2 Å². The van der Waals surface area contributed by atoms with Gasteiger partial charge in [0, 0.05) is 21.8 Å². The van der Waals surface area contributed by atoms with Crippen molar-refractivity contribution in [2.24, 2.45) is 0 Å². The summed E-state index contributed by atoms with van der Waals surface area (Å²) in [5, 5.41) is 6.10. The standard InChI is InChI=1S/C19H21BrN2O2/c1-3-18(15-4-8-16(20)9-5-15)21-12-19(24)22-17-10-6-14(7-11-17)13(2)23/h4-11,18,21H,3,12H2,1-2H3,(H,22,24)/t18-/m1/s1. The van der Waals surface area contributed by atoms with Crippen LogP contribution in [0.5, 0.6) is 0 Å². The van der Waals surface area contributed by atoms with Gasteiger partial charge in [-0.1, -0.05) is 35.0 Å². The van der Waals surface area contributed by atoms with Gasteiger partial charge in [-0.05, 0) is 55.3 Å². The molecule has 0 aliphatic heterocycles. The predicted octanol–water partition coefficient (Wildman–Crippen LogP) is 4.33. The van der Waals surface area contributed by atoms with Gasteiger partial charge in [-0.15, -0.1) is 0 Å². The first kappa shape index (κ1) is 18.4. The molecule has 0 spiro atoms. The Morgan fingerprint density at radius 2 is 1.67 bits per heavy atom. The van der Waals surface area contributed by atoms with Crippen LogP contribution >= 0.6 is 15.9 Å². The number of rotatable bonds is 7. The van der Waals surface area contributed by atoms with Crippen molar-refractivity contribution in [2.45, 2.75) is 26.3 Å². The maximum atomic E-state index is 12.1. The molecule has 0 fully saturated rings. The number of anilines is 1. The first-order valence-corrected chi connectivity index (χ1v) is 8.68. The number of amides is 1. The average molecular weight is 389 g/mol. The molecule has 2 N–H and O–H groups in total. The highest BCUT2D eigenvalue weighted by Gasteiger charge is 2.11. The molecule has 126 valence electrons. The van der Waals surface area contributed by atoms with Crippen LogP contribution in [0.4, 0.5) is 5.69 Å². The molecule has 2 aromatic rings. The molecule has 0 aromatic heterocycles. The molecule has 0 aliphatic rings. The minimum atomic E-state index is -0.110. The molecule has 1 atom stereocenters. The minimum Gasteiger partial charge on any atom is -0.325 e. The summed E-state index contributed by atoms with van der Waals surface area (Å²) in [6.07, 6.45) is 0.891. The average Bonchev–Trinajstić information content (AvgIpc) is 2.57. The molecule has 0 heterocycles. The molecule has 24 heavy (non-hydrogen) atoms. The van der Waals surface area contributed by atoms with Crippen molar-refractivity contribution in [2.75, 3.05) is 11.9 Å². The molecule has 0 aliphatic carbocycles. The Morgan fingerprint density at radius 1 is 1.04 bits per heavy atom. The second-order valence-corrected chi connectivity index (χ2v) is 6.49. The minimum absolute atomic E-state index is 0.00910. The van der Waals surface area contributed by atoms with Gasteiger partial charge in [-0.2, -0.15) is 0 Å². The third kappa shape index (κ3) is 5.28. The lowest BCUT2D eigenvalue weighted by atomic mass is 10.0. The fraction of sp³-hybridized carbons (Fsp3) is 0.263. The maximum absolute atomic E-state index is 12.1. The predicted molar refractivity (Wildman–Crippen MR) is 100 cm³/mol. The second kappa shape index (κ2) is 8.76. The van der Waals surface area contributed by atoms with Crippen LogP contribution in [0.2, 0.25) is 0 Å². The normalized spacial score (nSPS) is 11.8. The number of hydrogen-bond donors (Lipinski definition) is 2. The molecule has 4 nitrogen and oxygen atoms in total. The lowest BCUT2D eigenvalue weighted by Crippen LogP contribution is -2.31. The summed E-state index contributed by atoms with van der Waals surface area (Å²) in [6.45, 7) is 3.83. The molecule has 0 saturated heterocycles. The van der Waals surface area contributed by atoms with E-state index in [2.05, 4.69) is 33.5 Å². The van der Waals surface area contributed by atoms with Crippen LogP contribution < -0.4 is 10.6 Å². The first-order valence-electron chi connectivity index (χ1n) is 7.89. The van der Waals surface area contributed by atoms with Crippen LogP contribution in [0.1, 0.15) is 42.2 Å². The van der Waals surface area contributed by atoms with Crippen LogP contribution in [0.25, 0.3) is 0 Å². The summed E-state index contributed by atoms with van der Waals surface area (Å²) in [4.78, 5) is 23.3. The van der Waals surface area contributed by atoms with E-state index in [1.165, 1.54) is 6.92 Å². The van der Waals surface area contributed by atoms with Crippen LogP contribution in [0, 0.1) is 0 Å². The van der Waals surface area contributed by atoms with Crippen molar-refractivity contribution in [3.63, 3.8) is 0 Å². The van der Waals surface area contributed by atoms with Crippen LogP contribution in [-0.4, -0.2) is 18.2 Å². The molecule has 0 bridgehead atoms. The highest BCUT2D eigenvalue weighted by atomic mass is 79.9. The van der Waals surface area contributed by atoms with Crippen molar-refractivity contribution in [3.8, 4) is 0 Å². The summed E-state index contributed by atoms with van der Waals surface area (Å²) in [7, 11) is 0. The number of halogens is 1. The van der Waals surface area contributed by atoms with Gasteiger partial charge in [0.05, 0.1) is 6.54 Å². The third-order valence-corrected chi connectivity index (χ3v) is 4.29. The molecule has 0 radical (unpaired) electrons. The van der Waals surface area contributed by atoms with E-state index < -0.39 is 0 Å². The smallest absolute Gasteiger partial charge is 0.238 e. The van der Waals surface area contributed by atoms with Crippen LogP contribution in [0.3, 0.4) is 0 Å². The molecule has 5 heteroatoms. The number of carbonyl (C=O) groups is 2. The van der Waals surface area contributed by atoms with Crippen molar-refractivity contribution < 1.29 is 9.59 Å². The van der Waals surface area contributed by atoms with Gasteiger partial charge in [0.2, 0.25) is 5.91 Å². The second-order valence-electron chi connectivity index (χ2n) is 5.57. The third-order valence-electron chi connectivity index (χ3n) is 3.76. The lowest BCUT2D eigenvalue weighted by Gasteiger charge is -2.17. The van der Waals surface area contributed by atoms with Gasteiger partial charge in [-0.25, -0.2) is 0 Å². The lowest BCUT2D eigenvalue weighted by molar-refractivity contribution is -0.115. The Labute approximate surface area is 150 Å². The van der Waals surface area contributed by atoms with Gasteiger partial charge in [0.1, 0.15) is 0 Å². The summed E-state index contributed by atoms with van der Waals surface area (Å²) >= 11 is 3.42. The zero-order valence-electron chi connectivity index (χ0n) is 13.8. The van der Waals surface area contributed by atoms with E-state index in [4.69, 9.17) is 0 Å². The Morgan fingerprint density at radius 3 is 2.21 bits per heavy atom. The van der Waals surface area contributed by atoms with Crippen molar-refractivity contribution >= 4 is 33.3 Å². The molecular weight excluding hydrogens is 368 g/mol. The van der Waals surface area contributed by atoms with E-state index in [-0.39, 0.29) is 24.3 Å². The zero-order chi connectivity index (χ0) is 17.5. The summed E-state index contributed by atoms with van der Waals surface area (Å²) in [6, 6.07) is 15.1. The van der Waals surface area contributed by atoms with Gasteiger partial charge >= 0.3 is 0 Å². The number of benzene rings is 2. The van der Waals surface area contributed by atoms with Crippen molar-refractivity contribution in [1.29, 1.82) is 0 Å². The zero-order valence-corrected chi connectivity index (χ0v) is 15.4. The number of nitrogens with one attached hydrogen (secondary N) is 2. The van der Waals surface area contributed by atoms with E-state index in [0.717, 1.165) is 16.5 Å². The molecule has 0 saturated carbocycles. The number of Topliss-reactive ketones (excluding diaryl/α,β-unsaturated/α-hetero) is 1. The SMILES string of the molecule is CC[C@@H](NCC(=O)Nc1ccc(C(C)=O)cc1)c1ccc(Br)cc1. The van der Waals surface area contributed by atoms with E-state index in [9.17, 15) is 9.59 Å².